The van der Waals surface area contributed by atoms with Gasteiger partial charge in [-0.05, 0) is 43.7 Å². The van der Waals surface area contributed by atoms with Gasteiger partial charge in [0.2, 0.25) is 5.91 Å². The molecule has 1 unspecified atom stereocenters. The second-order valence-electron chi connectivity index (χ2n) is 7.52. The van der Waals surface area contributed by atoms with Crippen molar-refractivity contribution < 1.29 is 15.0 Å². The zero-order valence-electron chi connectivity index (χ0n) is 14.7. The Balaban J connectivity index is 1.56. The van der Waals surface area contributed by atoms with Crippen LogP contribution in [0, 0.1) is 11.8 Å². The number of carbonyl (C=O) groups is 1. The summed E-state index contributed by atoms with van der Waals surface area (Å²) in [5.74, 6) is 0.287. The summed E-state index contributed by atoms with van der Waals surface area (Å²) in [4.78, 5) is 31.7. The molecule has 1 amide bonds. The number of aromatic nitrogens is 2. The van der Waals surface area contributed by atoms with E-state index in [4.69, 9.17) is 0 Å². The Morgan fingerprint density at radius 1 is 1.15 bits per heavy atom. The highest BCUT2D eigenvalue weighted by molar-refractivity contribution is 5.81. The number of fused-ring (bicyclic) bond motifs is 2. The summed E-state index contributed by atoms with van der Waals surface area (Å²) in [5, 5.41) is 20.2. The fourth-order valence-electron chi connectivity index (χ4n) is 4.33. The van der Waals surface area contributed by atoms with Crippen LogP contribution in [0.4, 0.5) is 0 Å². The molecule has 1 saturated heterocycles. The number of amides is 1. The number of nitrogens with zero attached hydrogens (tertiary/aromatic N) is 3. The molecule has 0 radical (unpaired) electrons. The van der Waals surface area contributed by atoms with Crippen LogP contribution in [0.2, 0.25) is 0 Å². The Morgan fingerprint density at radius 3 is 2.42 bits per heavy atom. The van der Waals surface area contributed by atoms with Crippen molar-refractivity contribution in [3.05, 3.63) is 40.9 Å². The summed E-state index contributed by atoms with van der Waals surface area (Å²) in [7, 11) is 0. The zero-order valence-corrected chi connectivity index (χ0v) is 14.7. The number of carbonyl (C=O) groups excluding carboxylic acids is 1. The van der Waals surface area contributed by atoms with Gasteiger partial charge in [-0.25, -0.2) is 4.98 Å². The third-order valence-electron chi connectivity index (χ3n) is 5.89. The summed E-state index contributed by atoms with van der Waals surface area (Å²) >= 11 is 0. The van der Waals surface area contributed by atoms with Crippen LogP contribution < -0.4 is 5.56 Å². The first-order valence-corrected chi connectivity index (χ1v) is 9.06. The van der Waals surface area contributed by atoms with Gasteiger partial charge >= 0.3 is 0 Å². The Labute approximate surface area is 150 Å². The first kappa shape index (κ1) is 17.2. The molecule has 2 fully saturated rings. The largest absolute Gasteiger partial charge is 0.390 e. The number of rotatable bonds is 2. The molecule has 7 nitrogen and oxygen atoms in total. The first-order chi connectivity index (χ1) is 12.5. The predicted octanol–water partition coefficient (Wildman–Crippen LogP) is 0.548. The molecule has 7 heteroatoms. The minimum atomic E-state index is -0.712. The topological polar surface area (TPSA) is 95.7 Å². The summed E-state index contributed by atoms with van der Waals surface area (Å²) in [5.41, 5.74) is 0.391. The normalized spacial score (nSPS) is 29.6. The monoisotopic (exact) mass is 357 g/mol. The standard InChI is InChI=1S/C19H23N3O4/c1-11(22-10-20-15-5-3-2-4-14(15)19(22)26)18(25)21-8-12-6-16(23)17(24)7-13(12)9-21/h2-5,10-13,16-17,23-24H,6-9H2,1H3/t11?,12-,13+,16+,17-. The molecule has 1 aliphatic heterocycles. The van der Waals surface area contributed by atoms with Crippen molar-refractivity contribution in [2.45, 2.75) is 38.0 Å². The highest BCUT2D eigenvalue weighted by Gasteiger charge is 2.43. The van der Waals surface area contributed by atoms with E-state index in [2.05, 4.69) is 4.98 Å². The average Bonchev–Trinajstić information content (AvgIpc) is 3.04. The van der Waals surface area contributed by atoms with Gasteiger partial charge in [0.15, 0.2) is 0 Å². The zero-order chi connectivity index (χ0) is 18.4. The van der Waals surface area contributed by atoms with Crippen molar-refractivity contribution >= 4 is 16.8 Å². The average molecular weight is 357 g/mol. The van der Waals surface area contributed by atoms with Crippen LogP contribution in [0.5, 0.6) is 0 Å². The SMILES string of the molecule is CC(C(=O)N1C[C@H]2C[C@H](O)[C@H](O)C[C@H]2C1)n1cnc2ccccc2c1=O. The maximum absolute atomic E-state index is 13.0. The van der Waals surface area contributed by atoms with E-state index in [1.807, 2.05) is 6.07 Å². The lowest BCUT2D eigenvalue weighted by Gasteiger charge is -2.31. The minimum absolute atomic E-state index is 0.123. The highest BCUT2D eigenvalue weighted by atomic mass is 16.3. The van der Waals surface area contributed by atoms with Crippen molar-refractivity contribution in [3.63, 3.8) is 0 Å². The van der Waals surface area contributed by atoms with Crippen LogP contribution >= 0.6 is 0 Å². The van der Waals surface area contributed by atoms with E-state index in [1.165, 1.54) is 10.9 Å². The molecule has 1 aliphatic carbocycles. The molecule has 5 atom stereocenters. The van der Waals surface area contributed by atoms with Crippen LogP contribution in [-0.4, -0.2) is 55.9 Å². The van der Waals surface area contributed by atoms with Gasteiger partial charge < -0.3 is 15.1 Å². The first-order valence-electron chi connectivity index (χ1n) is 9.06. The van der Waals surface area contributed by atoms with Gasteiger partial charge in [-0.2, -0.15) is 0 Å². The molecule has 26 heavy (non-hydrogen) atoms. The van der Waals surface area contributed by atoms with E-state index in [-0.39, 0.29) is 23.3 Å². The number of likely N-dealkylation sites (tertiary alicyclic amines) is 1. The van der Waals surface area contributed by atoms with E-state index in [0.717, 1.165) is 0 Å². The molecule has 138 valence electrons. The second-order valence-corrected chi connectivity index (χ2v) is 7.52. The molecule has 2 aromatic rings. The van der Waals surface area contributed by atoms with Gasteiger partial charge in [-0.1, -0.05) is 12.1 Å². The van der Waals surface area contributed by atoms with Gasteiger partial charge in [-0.15, -0.1) is 0 Å². The molecule has 1 saturated carbocycles. The molecule has 4 rings (SSSR count). The van der Waals surface area contributed by atoms with Crippen molar-refractivity contribution in [1.82, 2.24) is 14.5 Å². The van der Waals surface area contributed by atoms with Gasteiger partial charge in [0, 0.05) is 13.1 Å². The van der Waals surface area contributed by atoms with E-state index < -0.39 is 18.2 Å². The van der Waals surface area contributed by atoms with Crippen LogP contribution in [0.15, 0.2) is 35.4 Å². The van der Waals surface area contributed by atoms with Gasteiger partial charge in [-0.3, -0.25) is 14.2 Å². The summed E-state index contributed by atoms with van der Waals surface area (Å²) < 4.78 is 1.39. The Morgan fingerprint density at radius 2 is 1.77 bits per heavy atom. The number of hydrogen-bond acceptors (Lipinski definition) is 5. The lowest BCUT2D eigenvalue weighted by Crippen LogP contribution is -2.38. The Hall–Kier alpha value is -2.25. The van der Waals surface area contributed by atoms with E-state index >= 15 is 0 Å². The lowest BCUT2D eigenvalue weighted by atomic mass is 9.79. The van der Waals surface area contributed by atoms with Crippen LogP contribution in [0.25, 0.3) is 10.9 Å². The number of aliphatic hydroxyl groups is 2. The van der Waals surface area contributed by atoms with Crippen LogP contribution in [0.1, 0.15) is 25.8 Å². The molecule has 2 N–H and O–H groups in total. The predicted molar refractivity (Wildman–Crippen MR) is 95.5 cm³/mol. The number of aliphatic hydroxyl groups excluding tert-OH is 2. The Kier molecular flexibility index (Phi) is 4.28. The van der Waals surface area contributed by atoms with Gasteiger partial charge in [0.1, 0.15) is 6.04 Å². The fourth-order valence-corrected chi connectivity index (χ4v) is 4.33. The lowest BCUT2D eigenvalue weighted by molar-refractivity contribution is -0.133. The van der Waals surface area contributed by atoms with Crippen LogP contribution in [0.3, 0.4) is 0 Å². The van der Waals surface area contributed by atoms with E-state index in [9.17, 15) is 19.8 Å². The summed E-state index contributed by atoms with van der Waals surface area (Å²) in [6.45, 7) is 2.84. The molecule has 1 aromatic heterocycles. The fraction of sp³-hybridized carbons (Fsp3) is 0.526. The van der Waals surface area contributed by atoms with Crippen LogP contribution in [-0.2, 0) is 4.79 Å². The molecule has 0 spiro atoms. The van der Waals surface area contributed by atoms with Gasteiger partial charge in [0.25, 0.3) is 5.56 Å². The van der Waals surface area contributed by atoms with Crippen molar-refractivity contribution in [2.75, 3.05) is 13.1 Å². The molecular weight excluding hydrogens is 334 g/mol. The third kappa shape index (κ3) is 2.81. The molecule has 2 aliphatic rings. The minimum Gasteiger partial charge on any atom is -0.390 e. The summed E-state index contributed by atoms with van der Waals surface area (Å²) in [6.07, 6.45) is 1.04. The quantitative estimate of drug-likeness (QED) is 0.818. The molecule has 2 heterocycles. The van der Waals surface area contributed by atoms with Crippen molar-refractivity contribution in [1.29, 1.82) is 0 Å². The third-order valence-corrected chi connectivity index (χ3v) is 5.89. The molecule has 0 bridgehead atoms. The van der Waals surface area contributed by atoms with Crippen molar-refractivity contribution in [3.8, 4) is 0 Å². The molecule has 1 aromatic carbocycles. The van der Waals surface area contributed by atoms with E-state index in [0.29, 0.717) is 36.8 Å². The second kappa shape index (κ2) is 6.48. The van der Waals surface area contributed by atoms with Crippen molar-refractivity contribution in [2.24, 2.45) is 11.8 Å². The maximum Gasteiger partial charge on any atom is 0.261 e. The van der Waals surface area contributed by atoms with Gasteiger partial charge in [0.05, 0.1) is 29.4 Å². The van der Waals surface area contributed by atoms with E-state index in [1.54, 1.807) is 30.0 Å². The smallest absolute Gasteiger partial charge is 0.261 e. The Bertz CT molecular complexity index is 878. The number of para-hydroxylation sites is 1. The number of hydrogen-bond donors (Lipinski definition) is 2. The number of benzene rings is 1. The summed E-state index contributed by atoms with van der Waals surface area (Å²) in [6, 6.07) is 6.45. The molecular formula is C19H23N3O4. The maximum atomic E-state index is 13.0. The highest BCUT2D eigenvalue weighted by Crippen LogP contribution is 2.37.